The normalized spacial score (nSPS) is 11.8. The molecule has 0 aliphatic heterocycles. The van der Waals surface area contributed by atoms with Gasteiger partial charge in [-0.05, 0) is 31.4 Å². The minimum atomic E-state index is 0.128. The van der Waals surface area contributed by atoms with E-state index >= 15 is 0 Å². The summed E-state index contributed by atoms with van der Waals surface area (Å²) >= 11 is 9.18. The first kappa shape index (κ1) is 12.3. The summed E-state index contributed by atoms with van der Waals surface area (Å²) in [5.74, 6) is 0. The molecule has 76 valence electrons. The van der Waals surface area contributed by atoms with Gasteiger partial charge < -0.3 is 11.5 Å². The molecule has 0 aromatic heterocycles. The standard InChI is InChI=1S/C5H14N6S2/c1-3(9-11-5(7)13)2-8-10-4(6)12/h3,8-9H,2H2,1H3,(H3,6,10,12)(H3,7,11,13). The molecule has 1 atom stereocenters. The zero-order chi connectivity index (χ0) is 10.3. The van der Waals surface area contributed by atoms with Crippen molar-refractivity contribution in [3.8, 4) is 0 Å². The van der Waals surface area contributed by atoms with Crippen molar-refractivity contribution < 1.29 is 0 Å². The number of nitrogens with two attached hydrogens (primary N) is 2. The second-order valence-corrected chi connectivity index (χ2v) is 3.28. The molecule has 0 saturated carbocycles. The Kier molecular flexibility index (Phi) is 6.41. The average molecular weight is 222 g/mol. The van der Waals surface area contributed by atoms with Crippen LogP contribution in [0.2, 0.25) is 0 Å². The molecule has 0 amide bonds. The minimum Gasteiger partial charge on any atom is -0.375 e. The summed E-state index contributed by atoms with van der Waals surface area (Å²) in [5, 5.41) is 0.406. The highest BCUT2D eigenvalue weighted by Gasteiger charge is 1.99. The Labute approximate surface area is 87.7 Å². The SMILES string of the molecule is CC(CNNC(N)=S)NNC(N)=S. The van der Waals surface area contributed by atoms with Crippen molar-refractivity contribution in [2.24, 2.45) is 11.5 Å². The molecule has 0 heterocycles. The van der Waals surface area contributed by atoms with Crippen molar-refractivity contribution in [1.82, 2.24) is 21.7 Å². The van der Waals surface area contributed by atoms with Gasteiger partial charge in [-0.3, -0.25) is 10.9 Å². The Balaban J connectivity index is 3.35. The first-order valence-corrected chi connectivity index (χ1v) is 4.43. The number of hydrazine groups is 2. The van der Waals surface area contributed by atoms with Crippen LogP contribution in [0.25, 0.3) is 0 Å². The van der Waals surface area contributed by atoms with Gasteiger partial charge in [-0.2, -0.15) is 0 Å². The number of thiocarbonyl (C=S) groups is 2. The van der Waals surface area contributed by atoms with Crippen LogP contribution in [-0.4, -0.2) is 22.8 Å². The second-order valence-electron chi connectivity index (χ2n) is 2.40. The van der Waals surface area contributed by atoms with Gasteiger partial charge in [0.15, 0.2) is 10.2 Å². The molecule has 8 N–H and O–H groups in total. The number of hydrogen-bond acceptors (Lipinski definition) is 4. The van der Waals surface area contributed by atoms with Crippen molar-refractivity contribution in [3.05, 3.63) is 0 Å². The lowest BCUT2D eigenvalue weighted by atomic mass is 10.4. The second kappa shape index (κ2) is 6.78. The number of nitrogens with one attached hydrogen (secondary N) is 4. The molecular weight excluding hydrogens is 208 g/mol. The highest BCUT2D eigenvalue weighted by molar-refractivity contribution is 7.80. The Morgan fingerprint density at radius 3 is 2.23 bits per heavy atom. The van der Waals surface area contributed by atoms with Gasteiger partial charge in [-0.1, -0.05) is 0 Å². The van der Waals surface area contributed by atoms with E-state index in [1.54, 1.807) is 0 Å². The average Bonchev–Trinajstić information content (AvgIpc) is 2.00. The molecule has 0 bridgehead atoms. The lowest BCUT2D eigenvalue weighted by Gasteiger charge is -2.15. The van der Waals surface area contributed by atoms with Gasteiger partial charge in [0.05, 0.1) is 0 Å². The fourth-order valence-electron chi connectivity index (χ4n) is 0.537. The quantitative estimate of drug-likeness (QED) is 0.236. The zero-order valence-corrected chi connectivity index (χ0v) is 8.89. The van der Waals surface area contributed by atoms with E-state index in [9.17, 15) is 0 Å². The fraction of sp³-hybridized carbons (Fsp3) is 0.600. The Morgan fingerprint density at radius 1 is 1.23 bits per heavy atom. The van der Waals surface area contributed by atoms with Crippen LogP contribution in [0.4, 0.5) is 0 Å². The van der Waals surface area contributed by atoms with Crippen molar-refractivity contribution >= 4 is 34.7 Å². The van der Waals surface area contributed by atoms with E-state index in [0.717, 1.165) is 0 Å². The molecular formula is C5H14N6S2. The van der Waals surface area contributed by atoms with Crippen LogP contribution >= 0.6 is 24.4 Å². The Hall–Kier alpha value is -0.700. The van der Waals surface area contributed by atoms with Crippen LogP contribution in [0.15, 0.2) is 0 Å². The van der Waals surface area contributed by atoms with Crippen molar-refractivity contribution in [1.29, 1.82) is 0 Å². The van der Waals surface area contributed by atoms with E-state index in [1.807, 2.05) is 6.92 Å². The molecule has 6 nitrogen and oxygen atoms in total. The molecule has 0 saturated heterocycles. The van der Waals surface area contributed by atoms with E-state index < -0.39 is 0 Å². The van der Waals surface area contributed by atoms with Crippen molar-refractivity contribution in [3.63, 3.8) is 0 Å². The maximum Gasteiger partial charge on any atom is 0.178 e. The third-order valence-electron chi connectivity index (χ3n) is 1.06. The van der Waals surface area contributed by atoms with Gasteiger partial charge in [0.1, 0.15) is 0 Å². The fourth-order valence-corrected chi connectivity index (χ4v) is 0.668. The number of hydrogen-bond donors (Lipinski definition) is 6. The van der Waals surface area contributed by atoms with Crippen LogP contribution in [0.1, 0.15) is 6.92 Å². The van der Waals surface area contributed by atoms with E-state index in [1.165, 1.54) is 0 Å². The number of rotatable bonds is 5. The lowest BCUT2D eigenvalue weighted by Crippen LogP contribution is -2.52. The van der Waals surface area contributed by atoms with Gasteiger partial charge in [-0.15, -0.1) is 0 Å². The Bertz CT molecular complexity index is 184. The van der Waals surface area contributed by atoms with Crippen LogP contribution < -0.4 is 33.2 Å². The van der Waals surface area contributed by atoms with E-state index in [-0.39, 0.29) is 16.3 Å². The Morgan fingerprint density at radius 2 is 1.77 bits per heavy atom. The molecule has 13 heavy (non-hydrogen) atoms. The maximum absolute atomic E-state index is 5.20. The molecule has 0 aromatic rings. The van der Waals surface area contributed by atoms with Crippen LogP contribution in [0, 0.1) is 0 Å². The van der Waals surface area contributed by atoms with Gasteiger partial charge >= 0.3 is 0 Å². The van der Waals surface area contributed by atoms with E-state index in [2.05, 4.69) is 46.1 Å². The first-order chi connectivity index (χ1) is 6.02. The van der Waals surface area contributed by atoms with Crippen LogP contribution in [0.3, 0.4) is 0 Å². The molecule has 0 spiro atoms. The minimum absolute atomic E-state index is 0.128. The van der Waals surface area contributed by atoms with Gasteiger partial charge in [0, 0.05) is 12.6 Å². The summed E-state index contributed by atoms with van der Waals surface area (Å²) in [4.78, 5) is 0. The molecule has 1 unspecified atom stereocenters. The largest absolute Gasteiger partial charge is 0.375 e. The highest BCUT2D eigenvalue weighted by Crippen LogP contribution is 1.73. The molecule has 0 aliphatic rings. The molecule has 0 radical (unpaired) electrons. The molecule has 0 aromatic carbocycles. The van der Waals surface area contributed by atoms with E-state index in [4.69, 9.17) is 11.5 Å². The summed E-state index contributed by atoms with van der Waals surface area (Å²) < 4.78 is 0. The third kappa shape index (κ3) is 9.21. The molecule has 0 aliphatic carbocycles. The summed E-state index contributed by atoms with van der Waals surface area (Å²) in [7, 11) is 0. The first-order valence-electron chi connectivity index (χ1n) is 3.61. The van der Waals surface area contributed by atoms with Crippen LogP contribution in [-0.2, 0) is 0 Å². The highest BCUT2D eigenvalue weighted by atomic mass is 32.1. The van der Waals surface area contributed by atoms with Gasteiger partial charge in [0.2, 0.25) is 0 Å². The smallest absolute Gasteiger partial charge is 0.178 e. The molecule has 0 fully saturated rings. The zero-order valence-electron chi connectivity index (χ0n) is 7.26. The lowest BCUT2D eigenvalue weighted by molar-refractivity contribution is 0.473. The predicted molar refractivity (Wildman–Crippen MR) is 60.4 cm³/mol. The van der Waals surface area contributed by atoms with Gasteiger partial charge in [0.25, 0.3) is 0 Å². The monoisotopic (exact) mass is 222 g/mol. The summed E-state index contributed by atoms with van der Waals surface area (Å²) in [6.07, 6.45) is 0. The van der Waals surface area contributed by atoms with Crippen molar-refractivity contribution in [2.75, 3.05) is 6.54 Å². The molecule has 0 rings (SSSR count). The topological polar surface area (TPSA) is 100 Å². The predicted octanol–water partition coefficient (Wildman–Crippen LogP) is -1.95. The maximum atomic E-state index is 5.20. The van der Waals surface area contributed by atoms with Crippen LogP contribution in [0.5, 0.6) is 0 Å². The van der Waals surface area contributed by atoms with E-state index in [0.29, 0.717) is 6.54 Å². The summed E-state index contributed by atoms with van der Waals surface area (Å²) in [5.41, 5.74) is 21.2. The van der Waals surface area contributed by atoms with Gasteiger partial charge in [-0.25, -0.2) is 10.9 Å². The third-order valence-corrected chi connectivity index (χ3v) is 1.27. The summed E-state index contributed by atoms with van der Waals surface area (Å²) in [6, 6.07) is 0.128. The summed E-state index contributed by atoms with van der Waals surface area (Å²) in [6.45, 7) is 2.55. The van der Waals surface area contributed by atoms with Crippen molar-refractivity contribution in [2.45, 2.75) is 13.0 Å². The molecule has 8 heteroatoms.